The molecule has 0 bridgehead atoms. The van der Waals surface area contributed by atoms with Gasteiger partial charge in [-0.1, -0.05) is 55.3 Å². The second kappa shape index (κ2) is 26.6. The number of carbonyl (C=O) groups is 2. The van der Waals surface area contributed by atoms with Gasteiger partial charge in [0.25, 0.3) is 0 Å². The van der Waals surface area contributed by atoms with Gasteiger partial charge >= 0.3 is 0 Å². The number of nitrogens with two attached hydrogens (primary N) is 1. The van der Waals surface area contributed by atoms with Crippen LogP contribution in [0.5, 0.6) is 0 Å². The highest BCUT2D eigenvalue weighted by Crippen LogP contribution is 2.56. The van der Waals surface area contributed by atoms with E-state index in [1.807, 2.05) is 23.1 Å². The molecule has 4 N–H and O–H groups in total. The highest BCUT2D eigenvalue weighted by molar-refractivity contribution is 5.52. The quantitative estimate of drug-likeness (QED) is 0.0528. The predicted molar refractivity (Wildman–Crippen MR) is 341 cm³/mol. The van der Waals surface area contributed by atoms with Crippen LogP contribution < -0.4 is 26.2 Å². The number of amides is 2. The predicted octanol–water partition coefficient (Wildman–Crippen LogP) is 9.15. The Bertz CT molecular complexity index is 2870. The molecule has 4 aromatic rings. The van der Waals surface area contributed by atoms with Crippen molar-refractivity contribution in [3.8, 4) is 0 Å². The van der Waals surface area contributed by atoms with E-state index in [1.54, 1.807) is 12.1 Å². The lowest BCUT2D eigenvalue weighted by Gasteiger charge is -2.59. The third kappa shape index (κ3) is 12.2. The molecule has 7 unspecified atom stereocenters. The molecule has 86 heavy (non-hydrogen) atoms. The first kappa shape index (κ1) is 60.0. The number of anilines is 2. The molecule has 2 amide bonds. The van der Waals surface area contributed by atoms with Crippen LogP contribution in [-0.2, 0) is 39.9 Å². The van der Waals surface area contributed by atoms with Crippen molar-refractivity contribution in [2.75, 3.05) is 128 Å². The topological polar surface area (TPSA) is 107 Å². The van der Waals surface area contributed by atoms with Gasteiger partial charge < -0.3 is 40.9 Å². The molecule has 464 valence electrons. The summed E-state index contributed by atoms with van der Waals surface area (Å²) < 4.78 is 31.5. The summed E-state index contributed by atoms with van der Waals surface area (Å²) >= 11 is 0. The third-order valence-electron chi connectivity index (χ3n) is 23.6. The zero-order chi connectivity index (χ0) is 58.8. The van der Waals surface area contributed by atoms with Crippen molar-refractivity contribution >= 4 is 24.2 Å². The van der Waals surface area contributed by atoms with Crippen LogP contribution in [0.25, 0.3) is 0 Å². The first-order chi connectivity index (χ1) is 42.1. The SMILES string of the molecule is CNC1CCCC1C(c1cccc(F)c1)(C1CCN(CC2CN(c3ccc(CC(CN)CCc4cc(F)cc(C(C5CCN(CC6CN(c7ccc(CC8CN(C=O)C8)cc7)C6)CC5)(C5CCCC5NC=O)N5CCC5)c4)cc3)C2)CC1)N1CCC1. The van der Waals surface area contributed by atoms with Crippen molar-refractivity contribution < 1.29 is 18.4 Å². The zero-order valence-corrected chi connectivity index (χ0v) is 51.7. The lowest BCUT2D eigenvalue weighted by molar-refractivity contribution is -0.123. The molecule has 13 rings (SSSR count). The minimum atomic E-state index is -0.341. The van der Waals surface area contributed by atoms with E-state index >= 15 is 8.78 Å². The fraction of sp³-hybridized carbons (Fsp3) is 0.639. The fourth-order valence-electron chi connectivity index (χ4n) is 19.1. The second-order valence-electron chi connectivity index (χ2n) is 28.6. The Morgan fingerprint density at radius 3 is 1.64 bits per heavy atom. The van der Waals surface area contributed by atoms with Gasteiger partial charge in [-0.15, -0.1) is 0 Å². The number of likely N-dealkylation sites (tertiary alicyclic amines) is 5. The van der Waals surface area contributed by atoms with E-state index in [1.165, 1.54) is 53.7 Å². The molecule has 12 nitrogen and oxygen atoms in total. The van der Waals surface area contributed by atoms with Crippen LogP contribution >= 0.6 is 0 Å². The van der Waals surface area contributed by atoms with E-state index in [0.717, 1.165) is 206 Å². The minimum Gasteiger partial charge on any atom is -0.371 e. The van der Waals surface area contributed by atoms with Gasteiger partial charge in [-0.05, 0) is 236 Å². The van der Waals surface area contributed by atoms with E-state index in [4.69, 9.17) is 5.73 Å². The molecule has 9 fully saturated rings. The number of carbonyl (C=O) groups excluding carboxylic acids is 2. The molecule has 14 heteroatoms. The average molecular weight is 1180 g/mol. The number of nitrogens with one attached hydrogen (secondary N) is 2. The van der Waals surface area contributed by atoms with Crippen molar-refractivity contribution in [3.05, 3.63) is 130 Å². The molecule has 0 radical (unpaired) electrons. The lowest BCUT2D eigenvalue weighted by Crippen LogP contribution is -2.64. The van der Waals surface area contributed by atoms with E-state index < -0.39 is 0 Å². The van der Waals surface area contributed by atoms with E-state index in [0.29, 0.717) is 48.1 Å². The average Bonchev–Trinajstić information content (AvgIpc) is 1.36. The summed E-state index contributed by atoms with van der Waals surface area (Å²) in [5, 5.41) is 7.02. The third-order valence-corrected chi connectivity index (χ3v) is 23.6. The minimum absolute atomic E-state index is 0.0772. The number of aryl methyl sites for hydroxylation is 1. The number of benzene rings is 4. The second-order valence-corrected chi connectivity index (χ2v) is 28.6. The molecule has 0 aromatic heterocycles. The van der Waals surface area contributed by atoms with Gasteiger partial charge in [-0.25, -0.2) is 8.78 Å². The normalized spacial score (nSPS) is 26.9. The Morgan fingerprint density at radius 2 is 1.12 bits per heavy atom. The maximum absolute atomic E-state index is 16.5. The molecule has 4 aromatic carbocycles. The van der Waals surface area contributed by atoms with Crippen molar-refractivity contribution in [2.24, 2.45) is 53.1 Å². The molecule has 7 atom stereocenters. The van der Waals surface area contributed by atoms with Crippen molar-refractivity contribution in [1.82, 2.24) is 35.1 Å². The van der Waals surface area contributed by atoms with Gasteiger partial charge in [0.05, 0.1) is 11.1 Å². The molecular weight excluding hydrogens is 1070 g/mol. The van der Waals surface area contributed by atoms with Gasteiger partial charge in [0, 0.05) is 120 Å². The summed E-state index contributed by atoms with van der Waals surface area (Å²) in [6, 6.07) is 32.7. The molecule has 9 aliphatic rings. The summed E-state index contributed by atoms with van der Waals surface area (Å²) in [6.07, 6.45) is 19.1. The van der Waals surface area contributed by atoms with E-state index in [9.17, 15) is 9.59 Å². The van der Waals surface area contributed by atoms with Crippen LogP contribution in [0.4, 0.5) is 20.2 Å². The van der Waals surface area contributed by atoms with Crippen molar-refractivity contribution in [2.45, 2.75) is 126 Å². The van der Waals surface area contributed by atoms with E-state index in [-0.39, 0.29) is 40.6 Å². The van der Waals surface area contributed by atoms with Crippen molar-refractivity contribution in [3.63, 3.8) is 0 Å². The number of hydrogen-bond acceptors (Lipinski definition) is 10. The van der Waals surface area contributed by atoms with Crippen LogP contribution in [0.2, 0.25) is 0 Å². The molecule has 7 aliphatic heterocycles. The maximum Gasteiger partial charge on any atom is 0.209 e. The van der Waals surface area contributed by atoms with Crippen LogP contribution in [0.15, 0.2) is 91.0 Å². The molecule has 7 saturated heterocycles. The summed E-state index contributed by atoms with van der Waals surface area (Å²) in [7, 11) is 2.14. The summed E-state index contributed by atoms with van der Waals surface area (Å²) in [6.45, 7) is 17.5. The van der Waals surface area contributed by atoms with Gasteiger partial charge in [-0.2, -0.15) is 0 Å². The Kier molecular flexibility index (Phi) is 18.6. The van der Waals surface area contributed by atoms with Crippen LogP contribution in [0, 0.1) is 59.0 Å². The van der Waals surface area contributed by atoms with Gasteiger partial charge in [-0.3, -0.25) is 19.4 Å². The van der Waals surface area contributed by atoms with Gasteiger partial charge in [0.2, 0.25) is 12.8 Å². The van der Waals surface area contributed by atoms with Gasteiger partial charge in [0.1, 0.15) is 11.6 Å². The number of nitrogens with zero attached hydrogens (tertiary/aromatic N) is 7. The molecule has 2 saturated carbocycles. The largest absolute Gasteiger partial charge is 0.371 e. The fourth-order valence-corrected chi connectivity index (χ4v) is 19.1. The number of rotatable bonds is 26. The number of piperidine rings is 2. The summed E-state index contributed by atoms with van der Waals surface area (Å²) in [5.74, 6) is 3.50. The van der Waals surface area contributed by atoms with E-state index in [2.05, 4.69) is 108 Å². The number of hydrogen-bond donors (Lipinski definition) is 3. The molecule has 2 aliphatic carbocycles. The Balaban J connectivity index is 0.607. The van der Waals surface area contributed by atoms with Crippen LogP contribution in [0.1, 0.15) is 111 Å². The Labute approximate surface area is 512 Å². The van der Waals surface area contributed by atoms with Crippen LogP contribution in [0.3, 0.4) is 0 Å². The number of halogens is 2. The molecular formula is C72H100F2N10O2. The molecule has 7 heterocycles. The smallest absolute Gasteiger partial charge is 0.209 e. The maximum atomic E-state index is 16.5. The highest BCUT2D eigenvalue weighted by atomic mass is 19.1. The zero-order valence-electron chi connectivity index (χ0n) is 51.7. The van der Waals surface area contributed by atoms with Crippen LogP contribution in [-0.4, -0.2) is 168 Å². The monoisotopic (exact) mass is 1170 g/mol. The first-order valence-corrected chi connectivity index (χ1v) is 34.1. The summed E-state index contributed by atoms with van der Waals surface area (Å²) in [4.78, 5) is 41.1. The Morgan fingerprint density at radius 1 is 0.570 bits per heavy atom. The highest BCUT2D eigenvalue weighted by Gasteiger charge is 2.58. The Hall–Kier alpha value is -4.96. The molecule has 0 spiro atoms. The summed E-state index contributed by atoms with van der Waals surface area (Å²) in [5.41, 5.74) is 14.8. The lowest BCUT2D eigenvalue weighted by atomic mass is 9.62. The van der Waals surface area contributed by atoms with Gasteiger partial charge in [0.15, 0.2) is 0 Å². The van der Waals surface area contributed by atoms with Crippen molar-refractivity contribution in [1.29, 1.82) is 0 Å². The first-order valence-electron chi connectivity index (χ1n) is 34.1. The standard InChI is InChI=1S/C72H100F2N10O2/c1-76-69-11-3-9-67(69)71(83-27-5-28-83,61-7-2-8-63(73)39-61)59-23-31-78(32-24-59)44-57-46-81(47-57)65-19-15-52(16-20-65)35-55(41-75)14-13-54-37-62(40-64(74)38-54)72(84-29-6-30-84,68-10-4-12-70(68)77-50-85)60-25-33-79(34-26-60)45-58-48-82(49-58)66-21-17-53(18-22-66)36-56-42-80(43-56)51-86/h2,7-8,15-22,37-40,50-51,55-60,67-70,76H,3-6,9-14,23-36,41-49,75H2,1H3,(H,77,85).